The fourth-order valence-electron chi connectivity index (χ4n) is 2.22. The summed E-state index contributed by atoms with van der Waals surface area (Å²) in [6.45, 7) is -1.98. The van der Waals surface area contributed by atoms with Gasteiger partial charge in [-0.15, -0.1) is 0 Å². The third-order valence-corrected chi connectivity index (χ3v) is 3.98. The van der Waals surface area contributed by atoms with Crippen molar-refractivity contribution in [2.24, 2.45) is 0 Å². The molecule has 0 aliphatic heterocycles. The summed E-state index contributed by atoms with van der Waals surface area (Å²) in [6.07, 6.45) is -10.3. The summed E-state index contributed by atoms with van der Waals surface area (Å²) in [4.78, 5) is 23.7. The van der Waals surface area contributed by atoms with Crippen LogP contribution < -0.4 is 15.4 Å². The van der Waals surface area contributed by atoms with Gasteiger partial charge >= 0.3 is 18.1 Å². The van der Waals surface area contributed by atoms with Crippen LogP contribution in [-0.4, -0.2) is 36.8 Å². The number of carbonyl (C=O) groups is 2. The number of alkyl halides is 6. The van der Waals surface area contributed by atoms with Crippen molar-refractivity contribution >= 4 is 29.2 Å². The third kappa shape index (κ3) is 6.22. The molecule has 0 aliphatic carbocycles. The summed E-state index contributed by atoms with van der Waals surface area (Å²) in [7, 11) is 0. The van der Waals surface area contributed by atoms with Gasteiger partial charge in [0.05, 0.1) is 5.02 Å². The Hall–Kier alpha value is -3.09. The zero-order chi connectivity index (χ0) is 24.3. The molecule has 1 atom stereocenters. The highest BCUT2D eigenvalue weighted by Gasteiger charge is 2.57. The highest BCUT2D eigenvalue weighted by molar-refractivity contribution is 6.32. The monoisotopic (exact) mass is 490 g/mol. The van der Waals surface area contributed by atoms with Crippen LogP contribution in [0.5, 0.6) is 5.75 Å². The molecular weight excluding hydrogens is 480 g/mol. The van der Waals surface area contributed by atoms with Gasteiger partial charge in [0.15, 0.2) is 6.61 Å². The lowest BCUT2D eigenvalue weighted by Gasteiger charge is -2.23. The number of amides is 3. The van der Waals surface area contributed by atoms with Crippen LogP contribution in [0.15, 0.2) is 36.4 Å². The molecule has 5 nitrogen and oxygen atoms in total. The van der Waals surface area contributed by atoms with E-state index in [9.17, 15) is 44.7 Å². The Bertz CT molecular complexity index is 996. The molecule has 14 heteroatoms. The number of nitrogens with one attached hydrogen (secondary N) is 2. The Morgan fingerprint density at radius 1 is 1.03 bits per heavy atom. The first-order valence-electron chi connectivity index (χ1n) is 8.29. The molecule has 1 unspecified atom stereocenters. The number of imide groups is 1. The molecule has 3 amide bonds. The molecule has 0 spiro atoms. The highest BCUT2D eigenvalue weighted by Crippen LogP contribution is 2.36. The van der Waals surface area contributed by atoms with Gasteiger partial charge in [-0.2, -0.15) is 22.0 Å². The molecule has 0 aromatic heterocycles. The maximum atomic E-state index is 13.5. The Morgan fingerprint density at radius 2 is 1.62 bits per heavy atom. The predicted octanol–water partition coefficient (Wildman–Crippen LogP) is 5.49. The van der Waals surface area contributed by atoms with Gasteiger partial charge in [-0.25, -0.2) is 18.0 Å². The van der Waals surface area contributed by atoms with Crippen LogP contribution in [0.4, 0.5) is 45.6 Å². The minimum Gasteiger partial charge on any atom is -0.486 e. The maximum absolute atomic E-state index is 13.5. The van der Waals surface area contributed by atoms with Crippen LogP contribution >= 0.6 is 11.6 Å². The molecule has 0 aliphatic rings. The first kappa shape index (κ1) is 25.2. The van der Waals surface area contributed by atoms with Gasteiger partial charge in [-0.3, -0.25) is 10.1 Å². The lowest BCUT2D eigenvalue weighted by Crippen LogP contribution is -2.45. The van der Waals surface area contributed by atoms with Crippen LogP contribution in [0.1, 0.15) is 10.4 Å². The van der Waals surface area contributed by atoms with E-state index in [0.717, 1.165) is 36.4 Å². The summed E-state index contributed by atoms with van der Waals surface area (Å²) >= 11 is 5.73. The zero-order valence-corrected chi connectivity index (χ0v) is 16.1. The molecule has 2 aromatic rings. The van der Waals surface area contributed by atoms with Crippen molar-refractivity contribution in [3.8, 4) is 5.75 Å². The molecule has 0 bridgehead atoms. The number of halogens is 9. The van der Waals surface area contributed by atoms with E-state index in [1.165, 1.54) is 0 Å². The molecule has 0 radical (unpaired) electrons. The molecule has 0 saturated carbocycles. The van der Waals surface area contributed by atoms with Crippen molar-refractivity contribution in [1.29, 1.82) is 0 Å². The first-order valence-corrected chi connectivity index (χ1v) is 8.67. The van der Waals surface area contributed by atoms with Crippen molar-refractivity contribution in [2.45, 2.75) is 18.3 Å². The molecule has 0 fully saturated rings. The van der Waals surface area contributed by atoms with Gasteiger partial charge in [0.2, 0.25) is 0 Å². The van der Waals surface area contributed by atoms with Crippen molar-refractivity contribution in [3.05, 3.63) is 58.6 Å². The highest BCUT2D eigenvalue weighted by atomic mass is 35.5. The molecule has 2 N–H and O–H groups in total. The lowest BCUT2D eigenvalue weighted by atomic mass is 10.2. The van der Waals surface area contributed by atoms with E-state index in [-0.39, 0.29) is 5.69 Å². The van der Waals surface area contributed by atoms with Crippen molar-refractivity contribution in [2.75, 3.05) is 11.9 Å². The zero-order valence-electron chi connectivity index (χ0n) is 15.4. The van der Waals surface area contributed by atoms with E-state index in [0.29, 0.717) is 0 Å². The molecule has 174 valence electrons. The second-order valence-electron chi connectivity index (χ2n) is 6.10. The maximum Gasteiger partial charge on any atom is 0.425 e. The number of hydrogen-bond acceptors (Lipinski definition) is 3. The molecule has 2 aromatic carbocycles. The minimum absolute atomic E-state index is 0.160. The van der Waals surface area contributed by atoms with Crippen LogP contribution in [0.25, 0.3) is 0 Å². The standard InChI is InChI=1S/C18H11ClF8N2O3/c19-9-6-8(4-5-12(9)32-7-17(23,24)15(22)18(25,26)27)28-16(31)29-14(30)13-10(20)2-1-3-11(13)21/h1-6,15H,7H2,(H2,28,29,30,31). The fraction of sp³-hybridized carbons (Fsp3) is 0.222. The van der Waals surface area contributed by atoms with Crippen molar-refractivity contribution in [1.82, 2.24) is 5.32 Å². The minimum atomic E-state index is -5.80. The number of carbonyl (C=O) groups excluding carboxylic acids is 2. The average Bonchev–Trinajstić information content (AvgIpc) is 2.65. The van der Waals surface area contributed by atoms with Crippen LogP contribution in [-0.2, 0) is 0 Å². The SMILES string of the molecule is O=C(NC(=O)c1c(F)cccc1F)Nc1ccc(OCC(F)(F)C(F)C(F)(F)F)c(Cl)c1. The number of rotatable bonds is 6. The van der Waals surface area contributed by atoms with Crippen molar-refractivity contribution in [3.63, 3.8) is 0 Å². The van der Waals surface area contributed by atoms with E-state index in [1.54, 1.807) is 5.32 Å². The summed E-state index contributed by atoms with van der Waals surface area (Å²) in [6, 6.07) is 4.09. The number of ether oxygens (including phenoxy) is 1. The van der Waals surface area contributed by atoms with Gasteiger partial charge in [-0.05, 0) is 30.3 Å². The second kappa shape index (κ2) is 9.59. The number of hydrogen-bond donors (Lipinski definition) is 2. The van der Waals surface area contributed by atoms with E-state index in [1.807, 2.05) is 5.32 Å². The van der Waals surface area contributed by atoms with Gasteiger partial charge in [0, 0.05) is 5.69 Å². The number of urea groups is 1. The molecular formula is C18H11ClF8N2O3. The predicted molar refractivity (Wildman–Crippen MR) is 95.7 cm³/mol. The Balaban J connectivity index is 2.01. The van der Waals surface area contributed by atoms with Gasteiger partial charge in [-0.1, -0.05) is 17.7 Å². The van der Waals surface area contributed by atoms with Crippen LogP contribution in [0.3, 0.4) is 0 Å². The van der Waals surface area contributed by atoms with Gasteiger partial charge < -0.3 is 10.1 Å². The molecule has 32 heavy (non-hydrogen) atoms. The van der Waals surface area contributed by atoms with E-state index >= 15 is 0 Å². The summed E-state index contributed by atoms with van der Waals surface area (Å²) in [5.74, 6) is -9.32. The Kier molecular flexibility index (Phi) is 7.54. The van der Waals surface area contributed by atoms with Crippen LogP contribution in [0.2, 0.25) is 5.02 Å². The first-order chi connectivity index (χ1) is 14.7. The molecule has 0 saturated heterocycles. The van der Waals surface area contributed by atoms with E-state index in [4.69, 9.17) is 11.6 Å². The number of benzene rings is 2. The molecule has 2 rings (SSSR count). The summed E-state index contributed by atoms with van der Waals surface area (Å²) in [5, 5.41) is 3.22. The summed E-state index contributed by atoms with van der Waals surface area (Å²) in [5.41, 5.74) is -1.18. The van der Waals surface area contributed by atoms with Gasteiger partial charge in [0.25, 0.3) is 12.1 Å². The Labute approximate surface area is 179 Å². The van der Waals surface area contributed by atoms with Gasteiger partial charge in [0.1, 0.15) is 22.9 Å². The largest absolute Gasteiger partial charge is 0.486 e. The Morgan fingerprint density at radius 3 is 2.16 bits per heavy atom. The topological polar surface area (TPSA) is 67.4 Å². The smallest absolute Gasteiger partial charge is 0.425 e. The van der Waals surface area contributed by atoms with Crippen LogP contribution in [0, 0.1) is 11.6 Å². The second-order valence-corrected chi connectivity index (χ2v) is 6.51. The lowest BCUT2D eigenvalue weighted by molar-refractivity contribution is -0.250. The third-order valence-electron chi connectivity index (χ3n) is 3.68. The van der Waals surface area contributed by atoms with E-state index in [2.05, 4.69) is 4.74 Å². The quantitative estimate of drug-likeness (QED) is 0.526. The fourth-order valence-corrected chi connectivity index (χ4v) is 2.46. The van der Waals surface area contributed by atoms with Crippen molar-refractivity contribution < 1.29 is 49.4 Å². The molecule has 0 heterocycles. The number of anilines is 1. The average molecular weight is 491 g/mol. The summed E-state index contributed by atoms with van der Waals surface area (Å²) < 4.78 is 107. The normalized spacial score (nSPS) is 12.8. The van der Waals surface area contributed by atoms with E-state index < -0.39 is 64.8 Å².